The molecular weight excluding hydrogens is 316 g/mol. The normalized spacial score (nSPS) is 30.6. The lowest BCUT2D eigenvalue weighted by molar-refractivity contribution is -0.123. The third-order valence-corrected chi connectivity index (χ3v) is 5.95. The molecule has 2 aliphatic carbocycles. The van der Waals surface area contributed by atoms with Gasteiger partial charge in [0.05, 0.1) is 0 Å². The number of rotatable bonds is 4. The van der Waals surface area contributed by atoms with Crippen LogP contribution in [0.4, 0.5) is 0 Å². The largest absolute Gasteiger partial charge is 0.486 e. The molecule has 0 radical (unpaired) electrons. The van der Waals surface area contributed by atoms with Crippen LogP contribution in [0.5, 0.6) is 11.5 Å². The van der Waals surface area contributed by atoms with Crippen LogP contribution in [0.1, 0.15) is 44.1 Å². The molecule has 25 heavy (non-hydrogen) atoms. The van der Waals surface area contributed by atoms with Gasteiger partial charge in [0.15, 0.2) is 11.5 Å². The zero-order valence-corrected chi connectivity index (χ0v) is 14.7. The average molecular weight is 344 g/mol. The third-order valence-electron chi connectivity index (χ3n) is 5.95. The predicted molar refractivity (Wildman–Crippen MR) is 95.7 cm³/mol. The van der Waals surface area contributed by atoms with Crippen molar-refractivity contribution in [1.29, 1.82) is 0 Å². The van der Waals surface area contributed by atoms with E-state index in [1.165, 1.54) is 19.3 Å². The lowest BCUT2D eigenvalue weighted by Crippen LogP contribution is -2.53. The zero-order chi connectivity index (χ0) is 17.2. The van der Waals surface area contributed by atoms with E-state index < -0.39 is 0 Å². The minimum absolute atomic E-state index is 0.160. The summed E-state index contributed by atoms with van der Waals surface area (Å²) in [5.41, 5.74) is 7.29. The van der Waals surface area contributed by atoms with Gasteiger partial charge in [-0.15, -0.1) is 0 Å². The molecule has 0 saturated heterocycles. The molecule has 4 rings (SSSR count). The summed E-state index contributed by atoms with van der Waals surface area (Å²) in [5, 5.41) is 3.32. The molecule has 1 aliphatic heterocycles. The van der Waals surface area contributed by atoms with Crippen molar-refractivity contribution in [2.75, 3.05) is 13.2 Å². The Morgan fingerprint density at radius 2 is 1.84 bits per heavy atom. The number of hydrogen-bond donors (Lipinski definition) is 2. The van der Waals surface area contributed by atoms with Gasteiger partial charge in [-0.3, -0.25) is 4.79 Å². The van der Waals surface area contributed by atoms with Crippen LogP contribution in [0, 0.1) is 11.8 Å². The van der Waals surface area contributed by atoms with Gasteiger partial charge in [-0.2, -0.15) is 0 Å². The first kappa shape index (κ1) is 16.7. The van der Waals surface area contributed by atoms with Crippen LogP contribution in [0.25, 0.3) is 0 Å². The smallest absolute Gasteiger partial charge is 0.220 e. The van der Waals surface area contributed by atoms with Gasteiger partial charge in [-0.25, -0.2) is 0 Å². The second-order valence-corrected chi connectivity index (χ2v) is 7.75. The number of fused-ring (bicyclic) bond motifs is 3. The monoisotopic (exact) mass is 344 g/mol. The summed E-state index contributed by atoms with van der Waals surface area (Å²) in [6.45, 7) is 1.19. The summed E-state index contributed by atoms with van der Waals surface area (Å²) in [5.74, 6) is 2.89. The Kier molecular flexibility index (Phi) is 4.84. The molecule has 2 fully saturated rings. The molecule has 2 atom stereocenters. The van der Waals surface area contributed by atoms with Crippen molar-refractivity contribution in [2.45, 2.75) is 57.0 Å². The van der Waals surface area contributed by atoms with Crippen LogP contribution in [0.3, 0.4) is 0 Å². The number of ether oxygens (including phenoxy) is 2. The fraction of sp³-hybridized carbons (Fsp3) is 0.650. The predicted octanol–water partition coefficient (Wildman–Crippen LogP) is 2.41. The average Bonchev–Trinajstić information content (AvgIpc) is 2.60. The molecule has 1 heterocycles. The van der Waals surface area contributed by atoms with Gasteiger partial charge < -0.3 is 20.5 Å². The molecule has 0 aromatic heterocycles. The van der Waals surface area contributed by atoms with E-state index in [-0.39, 0.29) is 5.91 Å². The molecule has 3 aliphatic rings. The second-order valence-electron chi connectivity index (χ2n) is 7.75. The summed E-state index contributed by atoms with van der Waals surface area (Å²) < 4.78 is 11.2. The van der Waals surface area contributed by atoms with Crippen LogP contribution in [0.15, 0.2) is 18.2 Å². The molecule has 136 valence electrons. The highest BCUT2D eigenvalue weighted by atomic mass is 16.6. The number of carbonyl (C=O) groups excluding carboxylic acids is 1. The molecule has 1 aromatic rings. The van der Waals surface area contributed by atoms with E-state index in [1.807, 2.05) is 18.2 Å². The lowest BCUT2D eigenvalue weighted by Gasteiger charge is -2.45. The fourth-order valence-corrected chi connectivity index (χ4v) is 4.78. The fourth-order valence-electron chi connectivity index (χ4n) is 4.78. The van der Waals surface area contributed by atoms with Crippen molar-refractivity contribution in [3.05, 3.63) is 23.8 Å². The van der Waals surface area contributed by atoms with Crippen molar-refractivity contribution in [3.8, 4) is 11.5 Å². The quantitative estimate of drug-likeness (QED) is 0.880. The zero-order valence-electron chi connectivity index (χ0n) is 14.7. The summed E-state index contributed by atoms with van der Waals surface area (Å²) in [6, 6.07) is 6.61. The van der Waals surface area contributed by atoms with E-state index in [9.17, 15) is 4.79 Å². The van der Waals surface area contributed by atoms with Crippen molar-refractivity contribution in [2.24, 2.45) is 17.6 Å². The number of hydrogen-bond acceptors (Lipinski definition) is 4. The maximum Gasteiger partial charge on any atom is 0.220 e. The number of carbonyl (C=O) groups is 1. The summed E-state index contributed by atoms with van der Waals surface area (Å²) in [7, 11) is 0. The van der Waals surface area contributed by atoms with Gasteiger partial charge in [-0.1, -0.05) is 12.5 Å². The Labute approximate surface area is 149 Å². The summed E-state index contributed by atoms with van der Waals surface area (Å²) >= 11 is 0. The topological polar surface area (TPSA) is 73.6 Å². The highest BCUT2D eigenvalue weighted by molar-refractivity contribution is 5.76. The van der Waals surface area contributed by atoms with Crippen LogP contribution in [-0.4, -0.2) is 31.2 Å². The van der Waals surface area contributed by atoms with Crippen LogP contribution >= 0.6 is 0 Å². The van der Waals surface area contributed by atoms with Gasteiger partial charge in [0.2, 0.25) is 5.91 Å². The molecule has 1 amide bonds. The van der Waals surface area contributed by atoms with Crippen molar-refractivity contribution in [1.82, 2.24) is 5.32 Å². The van der Waals surface area contributed by atoms with Crippen LogP contribution in [0.2, 0.25) is 0 Å². The number of aryl methyl sites for hydroxylation is 1. The third kappa shape index (κ3) is 3.76. The maximum absolute atomic E-state index is 12.5. The van der Waals surface area contributed by atoms with E-state index in [4.69, 9.17) is 15.2 Å². The summed E-state index contributed by atoms with van der Waals surface area (Å²) in [4.78, 5) is 12.5. The SMILES string of the molecule is NC1CC2CCCC(C1)C2NC(=O)CCc1ccc2c(c1)OCCO2. The molecular formula is C20H28N2O3. The molecule has 2 bridgehead atoms. The van der Waals surface area contributed by atoms with Gasteiger partial charge in [-0.05, 0) is 61.6 Å². The molecule has 2 unspecified atom stereocenters. The first-order valence-electron chi connectivity index (χ1n) is 9.62. The van der Waals surface area contributed by atoms with E-state index in [0.717, 1.165) is 36.3 Å². The highest BCUT2D eigenvalue weighted by Crippen LogP contribution is 2.39. The Bertz CT molecular complexity index is 619. The van der Waals surface area contributed by atoms with E-state index >= 15 is 0 Å². The molecule has 1 aromatic carbocycles. The Morgan fingerprint density at radius 1 is 1.12 bits per heavy atom. The molecule has 5 nitrogen and oxygen atoms in total. The Balaban J connectivity index is 1.32. The van der Waals surface area contributed by atoms with Gasteiger partial charge in [0.1, 0.15) is 13.2 Å². The van der Waals surface area contributed by atoms with Crippen LogP contribution in [-0.2, 0) is 11.2 Å². The van der Waals surface area contributed by atoms with Gasteiger partial charge in [0.25, 0.3) is 0 Å². The Hall–Kier alpha value is -1.75. The lowest BCUT2D eigenvalue weighted by atomic mass is 9.67. The molecule has 3 N–H and O–H groups in total. The number of nitrogens with one attached hydrogen (secondary N) is 1. The van der Waals surface area contributed by atoms with Crippen molar-refractivity contribution < 1.29 is 14.3 Å². The first-order chi connectivity index (χ1) is 12.2. The number of nitrogens with two attached hydrogens (primary N) is 1. The van der Waals surface area contributed by atoms with E-state index in [2.05, 4.69) is 5.32 Å². The minimum atomic E-state index is 0.160. The molecule has 5 heteroatoms. The molecule has 0 spiro atoms. The van der Waals surface area contributed by atoms with E-state index in [1.54, 1.807) is 0 Å². The molecule has 2 saturated carbocycles. The number of benzene rings is 1. The van der Waals surface area contributed by atoms with E-state index in [0.29, 0.717) is 43.6 Å². The standard InChI is InChI=1S/C20H28N2O3/c21-16-11-14-2-1-3-15(12-16)20(14)22-19(23)7-5-13-4-6-17-18(10-13)25-9-8-24-17/h4,6,10,14-16,20H,1-3,5,7-9,11-12,21H2,(H,22,23). The van der Waals surface area contributed by atoms with Gasteiger partial charge >= 0.3 is 0 Å². The maximum atomic E-state index is 12.5. The minimum Gasteiger partial charge on any atom is -0.486 e. The van der Waals surface area contributed by atoms with Crippen molar-refractivity contribution in [3.63, 3.8) is 0 Å². The van der Waals surface area contributed by atoms with Crippen LogP contribution < -0.4 is 20.5 Å². The second kappa shape index (κ2) is 7.24. The van der Waals surface area contributed by atoms with Crippen molar-refractivity contribution >= 4 is 5.91 Å². The summed E-state index contributed by atoms with van der Waals surface area (Å²) in [6.07, 6.45) is 7.05. The van der Waals surface area contributed by atoms with Gasteiger partial charge in [0, 0.05) is 18.5 Å². The number of amides is 1. The first-order valence-corrected chi connectivity index (χ1v) is 9.62. The highest BCUT2D eigenvalue weighted by Gasteiger charge is 2.39. The Morgan fingerprint density at radius 3 is 2.60 bits per heavy atom.